The maximum absolute atomic E-state index is 11.9. The van der Waals surface area contributed by atoms with Gasteiger partial charge in [0, 0.05) is 0 Å². The van der Waals surface area contributed by atoms with Gasteiger partial charge < -0.3 is 5.73 Å². The van der Waals surface area contributed by atoms with Crippen LogP contribution in [0.5, 0.6) is 0 Å². The zero-order chi connectivity index (χ0) is 9.78. The first-order chi connectivity index (χ1) is 5.38. The van der Waals surface area contributed by atoms with Crippen molar-refractivity contribution in [3.05, 3.63) is 0 Å². The first kappa shape index (κ1) is 11.8. The molecule has 0 saturated carbocycles. The first-order valence-corrected chi connectivity index (χ1v) is 4.20. The van der Waals surface area contributed by atoms with E-state index in [4.69, 9.17) is 5.73 Å². The van der Waals surface area contributed by atoms with E-state index in [1.807, 2.05) is 6.92 Å². The van der Waals surface area contributed by atoms with Gasteiger partial charge in [-0.2, -0.15) is 13.2 Å². The third kappa shape index (κ3) is 4.59. The number of halogens is 3. The molecule has 0 saturated heterocycles. The summed E-state index contributed by atoms with van der Waals surface area (Å²) >= 11 is 0. The molecule has 0 aromatic carbocycles. The standard InChI is InChI=1S/C8H16F3N/c1-3-4-6(2)5-7(12)8(9,10)11/h6-7H,3-5,12H2,1-2H3. The second kappa shape index (κ2) is 4.70. The van der Waals surface area contributed by atoms with Crippen molar-refractivity contribution in [2.45, 2.75) is 45.3 Å². The Balaban J connectivity index is 3.76. The summed E-state index contributed by atoms with van der Waals surface area (Å²) < 4.78 is 35.8. The summed E-state index contributed by atoms with van der Waals surface area (Å²) in [7, 11) is 0. The largest absolute Gasteiger partial charge is 0.403 e. The van der Waals surface area contributed by atoms with Crippen LogP contribution >= 0.6 is 0 Å². The number of alkyl halides is 3. The van der Waals surface area contributed by atoms with E-state index in [0.717, 1.165) is 12.8 Å². The van der Waals surface area contributed by atoms with Crippen molar-refractivity contribution in [2.75, 3.05) is 0 Å². The van der Waals surface area contributed by atoms with Gasteiger partial charge in [0.05, 0.1) is 0 Å². The molecule has 0 radical (unpaired) electrons. The molecule has 0 aromatic rings. The predicted octanol–water partition coefficient (Wildman–Crippen LogP) is 2.70. The topological polar surface area (TPSA) is 26.0 Å². The van der Waals surface area contributed by atoms with Crippen molar-refractivity contribution < 1.29 is 13.2 Å². The third-order valence-electron chi connectivity index (χ3n) is 1.86. The molecule has 0 aliphatic rings. The van der Waals surface area contributed by atoms with Gasteiger partial charge in [-0.15, -0.1) is 0 Å². The Kier molecular flexibility index (Phi) is 4.60. The van der Waals surface area contributed by atoms with Gasteiger partial charge >= 0.3 is 6.18 Å². The van der Waals surface area contributed by atoms with Crippen molar-refractivity contribution in [3.63, 3.8) is 0 Å². The van der Waals surface area contributed by atoms with E-state index in [0.29, 0.717) is 0 Å². The van der Waals surface area contributed by atoms with Crippen molar-refractivity contribution >= 4 is 0 Å². The third-order valence-corrected chi connectivity index (χ3v) is 1.86. The lowest BCUT2D eigenvalue weighted by atomic mass is 9.97. The lowest BCUT2D eigenvalue weighted by Crippen LogP contribution is -2.38. The van der Waals surface area contributed by atoms with Gasteiger partial charge in [0.15, 0.2) is 0 Å². The monoisotopic (exact) mass is 183 g/mol. The molecule has 0 spiro atoms. The van der Waals surface area contributed by atoms with E-state index in [1.54, 1.807) is 6.92 Å². The molecular weight excluding hydrogens is 167 g/mol. The van der Waals surface area contributed by atoms with Gasteiger partial charge in [0.2, 0.25) is 0 Å². The summed E-state index contributed by atoms with van der Waals surface area (Å²) in [4.78, 5) is 0. The van der Waals surface area contributed by atoms with E-state index >= 15 is 0 Å². The van der Waals surface area contributed by atoms with E-state index in [9.17, 15) is 13.2 Å². The number of nitrogens with two attached hydrogens (primary N) is 1. The first-order valence-electron chi connectivity index (χ1n) is 4.20. The highest BCUT2D eigenvalue weighted by molar-refractivity contribution is 4.72. The smallest absolute Gasteiger partial charge is 0.320 e. The number of hydrogen-bond acceptors (Lipinski definition) is 1. The predicted molar refractivity (Wildman–Crippen MR) is 42.7 cm³/mol. The molecule has 0 aliphatic heterocycles. The summed E-state index contributed by atoms with van der Waals surface area (Å²) in [6.07, 6.45) is -2.48. The minimum absolute atomic E-state index is 0.0390. The minimum Gasteiger partial charge on any atom is -0.320 e. The van der Waals surface area contributed by atoms with Crippen LogP contribution in [0.1, 0.15) is 33.1 Å². The quantitative estimate of drug-likeness (QED) is 0.712. The molecule has 74 valence electrons. The lowest BCUT2D eigenvalue weighted by Gasteiger charge is -2.19. The second-order valence-electron chi connectivity index (χ2n) is 3.28. The van der Waals surface area contributed by atoms with Crippen LogP contribution in [-0.2, 0) is 0 Å². The molecule has 0 rings (SSSR count). The average molecular weight is 183 g/mol. The molecule has 0 fully saturated rings. The normalized spacial score (nSPS) is 17.5. The molecule has 0 aliphatic carbocycles. The molecule has 2 atom stereocenters. The van der Waals surface area contributed by atoms with Crippen molar-refractivity contribution in [1.29, 1.82) is 0 Å². The molecule has 4 heteroatoms. The molecule has 0 bridgehead atoms. The molecule has 0 heterocycles. The summed E-state index contributed by atoms with van der Waals surface area (Å²) in [5, 5.41) is 0. The van der Waals surface area contributed by atoms with Crippen LogP contribution < -0.4 is 5.73 Å². The van der Waals surface area contributed by atoms with Crippen LogP contribution in [0, 0.1) is 5.92 Å². The fourth-order valence-corrected chi connectivity index (χ4v) is 1.18. The Morgan fingerprint density at radius 1 is 1.33 bits per heavy atom. The van der Waals surface area contributed by atoms with Crippen LogP contribution in [-0.4, -0.2) is 12.2 Å². The van der Waals surface area contributed by atoms with Crippen LogP contribution in [0.25, 0.3) is 0 Å². The maximum atomic E-state index is 11.9. The summed E-state index contributed by atoms with van der Waals surface area (Å²) in [5.74, 6) is 0.0617. The van der Waals surface area contributed by atoms with Crippen LogP contribution in [0.2, 0.25) is 0 Å². The molecule has 2 unspecified atom stereocenters. The Morgan fingerprint density at radius 3 is 2.17 bits per heavy atom. The highest BCUT2D eigenvalue weighted by Crippen LogP contribution is 2.24. The highest BCUT2D eigenvalue weighted by Gasteiger charge is 2.36. The van der Waals surface area contributed by atoms with Gasteiger partial charge in [-0.25, -0.2) is 0 Å². The van der Waals surface area contributed by atoms with E-state index in [1.165, 1.54) is 0 Å². The average Bonchev–Trinajstić information content (AvgIpc) is 1.85. The zero-order valence-corrected chi connectivity index (χ0v) is 7.49. The van der Waals surface area contributed by atoms with Gasteiger partial charge in [-0.05, 0) is 12.3 Å². The Labute approximate surface area is 71.1 Å². The van der Waals surface area contributed by atoms with Crippen molar-refractivity contribution in [1.82, 2.24) is 0 Å². The number of rotatable bonds is 4. The van der Waals surface area contributed by atoms with Crippen LogP contribution in [0.3, 0.4) is 0 Å². The zero-order valence-electron chi connectivity index (χ0n) is 7.49. The lowest BCUT2D eigenvalue weighted by molar-refractivity contribution is -0.151. The fraction of sp³-hybridized carbons (Fsp3) is 1.00. The Morgan fingerprint density at radius 2 is 1.83 bits per heavy atom. The fourth-order valence-electron chi connectivity index (χ4n) is 1.18. The Hall–Kier alpha value is -0.250. The van der Waals surface area contributed by atoms with Gasteiger partial charge in [0.25, 0.3) is 0 Å². The minimum atomic E-state index is -4.23. The summed E-state index contributed by atoms with van der Waals surface area (Å²) in [6, 6.07) is -1.65. The highest BCUT2D eigenvalue weighted by atomic mass is 19.4. The van der Waals surface area contributed by atoms with Crippen molar-refractivity contribution in [3.8, 4) is 0 Å². The van der Waals surface area contributed by atoms with Gasteiger partial charge in [-0.3, -0.25) is 0 Å². The molecule has 0 amide bonds. The van der Waals surface area contributed by atoms with E-state index in [2.05, 4.69) is 0 Å². The molecular formula is C8H16F3N. The van der Waals surface area contributed by atoms with Gasteiger partial charge in [0.1, 0.15) is 6.04 Å². The number of hydrogen-bond donors (Lipinski definition) is 1. The Bertz CT molecular complexity index is 122. The second-order valence-corrected chi connectivity index (χ2v) is 3.28. The maximum Gasteiger partial charge on any atom is 0.403 e. The molecule has 12 heavy (non-hydrogen) atoms. The molecule has 0 aromatic heterocycles. The molecule has 1 nitrogen and oxygen atoms in total. The summed E-state index contributed by atoms with van der Waals surface area (Å²) in [5.41, 5.74) is 4.96. The van der Waals surface area contributed by atoms with Gasteiger partial charge in [-0.1, -0.05) is 26.7 Å². The van der Waals surface area contributed by atoms with E-state index in [-0.39, 0.29) is 12.3 Å². The van der Waals surface area contributed by atoms with E-state index < -0.39 is 12.2 Å². The molecule has 2 N–H and O–H groups in total. The van der Waals surface area contributed by atoms with Crippen molar-refractivity contribution in [2.24, 2.45) is 11.7 Å². The van der Waals surface area contributed by atoms with Crippen LogP contribution in [0.4, 0.5) is 13.2 Å². The SMILES string of the molecule is CCCC(C)CC(N)C(F)(F)F. The summed E-state index contributed by atoms with van der Waals surface area (Å²) in [6.45, 7) is 3.75. The van der Waals surface area contributed by atoms with Crippen LogP contribution in [0.15, 0.2) is 0 Å².